The van der Waals surface area contributed by atoms with E-state index in [-0.39, 0.29) is 0 Å². The van der Waals surface area contributed by atoms with E-state index in [1.807, 2.05) is 47.3 Å². The molecule has 2 aromatic heterocycles. The molecule has 1 aromatic carbocycles. The van der Waals surface area contributed by atoms with Crippen LogP contribution in [0.25, 0.3) is 0 Å². The molecule has 0 radical (unpaired) electrons. The molecule has 0 fully saturated rings. The smallest absolute Gasteiger partial charge is 0.130 e. The SMILES string of the molecule is c1ccc(Cn2cc(Nc3ccccn3)cn2)cc1. The van der Waals surface area contributed by atoms with Gasteiger partial charge in [-0.15, -0.1) is 0 Å². The Morgan fingerprint density at radius 1 is 1.00 bits per heavy atom. The number of benzene rings is 1. The molecule has 0 amide bonds. The van der Waals surface area contributed by atoms with Crippen molar-refractivity contribution in [2.45, 2.75) is 6.54 Å². The molecular formula is C15H14N4. The zero-order valence-corrected chi connectivity index (χ0v) is 10.4. The van der Waals surface area contributed by atoms with Crippen molar-refractivity contribution in [1.29, 1.82) is 0 Å². The van der Waals surface area contributed by atoms with E-state index in [2.05, 4.69) is 27.5 Å². The number of nitrogens with zero attached hydrogens (tertiary/aromatic N) is 3. The number of rotatable bonds is 4. The third kappa shape index (κ3) is 2.98. The standard InChI is InChI=1S/C15H14N4/c1-2-6-13(7-3-1)11-19-12-14(10-17-19)18-15-8-4-5-9-16-15/h1-10,12H,11H2,(H,16,18). The van der Waals surface area contributed by atoms with Crippen molar-refractivity contribution < 1.29 is 0 Å². The number of nitrogens with one attached hydrogen (secondary N) is 1. The third-order valence-corrected chi connectivity index (χ3v) is 2.76. The molecular weight excluding hydrogens is 236 g/mol. The van der Waals surface area contributed by atoms with Gasteiger partial charge >= 0.3 is 0 Å². The summed E-state index contributed by atoms with van der Waals surface area (Å²) in [5.41, 5.74) is 2.17. The van der Waals surface area contributed by atoms with Crippen molar-refractivity contribution in [2.75, 3.05) is 5.32 Å². The predicted octanol–water partition coefficient (Wildman–Crippen LogP) is 3.07. The van der Waals surface area contributed by atoms with Crippen LogP contribution in [0.1, 0.15) is 5.56 Å². The van der Waals surface area contributed by atoms with Crippen molar-refractivity contribution in [1.82, 2.24) is 14.8 Å². The second kappa shape index (κ2) is 5.35. The van der Waals surface area contributed by atoms with Crippen molar-refractivity contribution in [3.05, 3.63) is 72.7 Å². The van der Waals surface area contributed by atoms with Gasteiger partial charge in [0.15, 0.2) is 0 Å². The molecule has 1 N–H and O–H groups in total. The molecule has 0 saturated heterocycles. The van der Waals surface area contributed by atoms with Gasteiger partial charge in [0.2, 0.25) is 0 Å². The number of anilines is 2. The molecule has 0 unspecified atom stereocenters. The summed E-state index contributed by atoms with van der Waals surface area (Å²) in [5.74, 6) is 0.821. The summed E-state index contributed by atoms with van der Waals surface area (Å²) < 4.78 is 1.90. The minimum Gasteiger partial charge on any atom is -0.338 e. The van der Waals surface area contributed by atoms with Gasteiger partial charge in [0, 0.05) is 12.4 Å². The first kappa shape index (κ1) is 11.5. The van der Waals surface area contributed by atoms with Gasteiger partial charge in [0.1, 0.15) is 5.82 Å². The van der Waals surface area contributed by atoms with Crippen molar-refractivity contribution in [3.8, 4) is 0 Å². The zero-order valence-electron chi connectivity index (χ0n) is 10.4. The highest BCUT2D eigenvalue weighted by atomic mass is 15.3. The topological polar surface area (TPSA) is 42.7 Å². The van der Waals surface area contributed by atoms with Crippen LogP contribution < -0.4 is 5.32 Å². The van der Waals surface area contributed by atoms with E-state index in [1.54, 1.807) is 12.4 Å². The Morgan fingerprint density at radius 2 is 1.84 bits per heavy atom. The van der Waals surface area contributed by atoms with Crippen LogP contribution in [-0.2, 0) is 6.54 Å². The Hall–Kier alpha value is -2.62. The highest BCUT2D eigenvalue weighted by Crippen LogP contribution is 2.13. The Kier molecular flexibility index (Phi) is 3.23. The van der Waals surface area contributed by atoms with Gasteiger partial charge < -0.3 is 5.32 Å². The average molecular weight is 250 g/mol. The Labute approximate surface area is 111 Å². The summed E-state index contributed by atoms with van der Waals surface area (Å²) in [6.07, 6.45) is 5.54. The second-order valence-electron chi connectivity index (χ2n) is 4.25. The van der Waals surface area contributed by atoms with Gasteiger partial charge in [-0.2, -0.15) is 5.10 Å². The maximum absolute atomic E-state index is 4.33. The summed E-state index contributed by atoms with van der Waals surface area (Å²) in [6, 6.07) is 16.0. The van der Waals surface area contributed by atoms with Gasteiger partial charge in [-0.1, -0.05) is 36.4 Å². The molecule has 4 heteroatoms. The maximum atomic E-state index is 4.33. The van der Waals surface area contributed by atoms with Gasteiger partial charge in [0.05, 0.1) is 18.4 Å². The lowest BCUT2D eigenvalue weighted by Gasteiger charge is -2.02. The monoisotopic (exact) mass is 250 g/mol. The molecule has 0 aliphatic heterocycles. The lowest BCUT2D eigenvalue weighted by molar-refractivity contribution is 0.687. The highest BCUT2D eigenvalue weighted by molar-refractivity contribution is 5.53. The number of hydrogen-bond donors (Lipinski definition) is 1. The summed E-state index contributed by atoms with van der Waals surface area (Å²) in [5, 5.41) is 7.55. The minimum absolute atomic E-state index is 0.769. The van der Waals surface area contributed by atoms with Crippen molar-refractivity contribution >= 4 is 11.5 Å². The molecule has 0 aliphatic carbocycles. The first-order valence-electron chi connectivity index (χ1n) is 6.14. The third-order valence-electron chi connectivity index (χ3n) is 2.76. The molecule has 0 spiro atoms. The largest absolute Gasteiger partial charge is 0.338 e. The van der Waals surface area contributed by atoms with E-state index < -0.39 is 0 Å². The highest BCUT2D eigenvalue weighted by Gasteiger charge is 2.00. The van der Waals surface area contributed by atoms with Crippen LogP contribution in [-0.4, -0.2) is 14.8 Å². The molecule has 3 aromatic rings. The van der Waals surface area contributed by atoms with Crippen molar-refractivity contribution in [3.63, 3.8) is 0 Å². The fourth-order valence-corrected chi connectivity index (χ4v) is 1.87. The lowest BCUT2D eigenvalue weighted by atomic mass is 10.2. The number of hydrogen-bond acceptors (Lipinski definition) is 3. The quantitative estimate of drug-likeness (QED) is 0.773. The predicted molar refractivity (Wildman–Crippen MR) is 75.3 cm³/mol. The summed E-state index contributed by atoms with van der Waals surface area (Å²) in [7, 11) is 0. The Balaban J connectivity index is 1.70. The molecule has 94 valence electrons. The molecule has 0 atom stereocenters. The van der Waals surface area contributed by atoms with E-state index in [9.17, 15) is 0 Å². The lowest BCUT2D eigenvalue weighted by Crippen LogP contribution is -1.99. The molecule has 4 nitrogen and oxygen atoms in total. The van der Waals surface area contributed by atoms with Gasteiger partial charge in [0.25, 0.3) is 0 Å². The van der Waals surface area contributed by atoms with Crippen LogP contribution in [0.2, 0.25) is 0 Å². The summed E-state index contributed by atoms with van der Waals surface area (Å²) in [6.45, 7) is 0.769. The molecule has 0 aliphatic rings. The van der Waals surface area contributed by atoms with Crippen LogP contribution in [0.5, 0.6) is 0 Å². The molecule has 19 heavy (non-hydrogen) atoms. The van der Waals surface area contributed by atoms with E-state index in [0.29, 0.717) is 0 Å². The summed E-state index contributed by atoms with van der Waals surface area (Å²) >= 11 is 0. The molecule has 0 saturated carbocycles. The van der Waals surface area contributed by atoms with Crippen LogP contribution in [0.3, 0.4) is 0 Å². The zero-order chi connectivity index (χ0) is 12.9. The Morgan fingerprint density at radius 3 is 2.63 bits per heavy atom. The normalized spacial score (nSPS) is 10.3. The fraction of sp³-hybridized carbons (Fsp3) is 0.0667. The Bertz CT molecular complexity index is 576. The van der Waals surface area contributed by atoms with Crippen LogP contribution in [0, 0.1) is 0 Å². The van der Waals surface area contributed by atoms with Crippen molar-refractivity contribution in [2.24, 2.45) is 0 Å². The van der Waals surface area contributed by atoms with Crippen LogP contribution in [0.4, 0.5) is 11.5 Å². The fourth-order valence-electron chi connectivity index (χ4n) is 1.87. The van der Waals surface area contributed by atoms with Crippen LogP contribution in [0.15, 0.2) is 67.1 Å². The van der Waals surface area contributed by atoms with Crippen LogP contribution >= 0.6 is 0 Å². The van der Waals surface area contributed by atoms with E-state index >= 15 is 0 Å². The van der Waals surface area contributed by atoms with Gasteiger partial charge in [-0.25, -0.2) is 4.98 Å². The first-order valence-corrected chi connectivity index (χ1v) is 6.14. The van der Waals surface area contributed by atoms with E-state index in [1.165, 1.54) is 5.56 Å². The average Bonchev–Trinajstić information content (AvgIpc) is 2.88. The van der Waals surface area contributed by atoms with E-state index in [4.69, 9.17) is 0 Å². The number of pyridine rings is 1. The van der Waals surface area contributed by atoms with E-state index in [0.717, 1.165) is 18.1 Å². The van der Waals surface area contributed by atoms with Gasteiger partial charge in [-0.3, -0.25) is 4.68 Å². The van der Waals surface area contributed by atoms with Gasteiger partial charge in [-0.05, 0) is 17.7 Å². The molecule has 3 rings (SSSR count). The summed E-state index contributed by atoms with van der Waals surface area (Å²) in [4.78, 5) is 4.22. The maximum Gasteiger partial charge on any atom is 0.130 e. The number of aromatic nitrogens is 3. The molecule has 2 heterocycles. The first-order chi connectivity index (χ1) is 9.40. The second-order valence-corrected chi connectivity index (χ2v) is 4.25. The minimum atomic E-state index is 0.769. The molecule has 0 bridgehead atoms.